The number of benzene rings is 2. The number of rotatable bonds is 5. The van der Waals surface area contributed by atoms with E-state index in [-0.39, 0.29) is 17.6 Å². The van der Waals surface area contributed by atoms with Crippen LogP contribution in [0.4, 0.5) is 4.39 Å². The molecule has 19 heavy (non-hydrogen) atoms. The Kier molecular flexibility index (Phi) is 4.82. The van der Waals surface area contributed by atoms with Crippen molar-refractivity contribution in [3.05, 3.63) is 59.9 Å². The van der Waals surface area contributed by atoms with Crippen LogP contribution >= 0.6 is 11.8 Å². The molecule has 0 heterocycles. The summed E-state index contributed by atoms with van der Waals surface area (Å²) in [7, 11) is 0. The van der Waals surface area contributed by atoms with Gasteiger partial charge in [0, 0.05) is 16.7 Å². The summed E-state index contributed by atoms with van der Waals surface area (Å²) in [5.41, 5.74) is 7.08. The molecule has 0 fully saturated rings. The Morgan fingerprint density at radius 3 is 2.58 bits per heavy atom. The highest BCUT2D eigenvalue weighted by atomic mass is 32.2. The fourth-order valence-corrected chi connectivity index (χ4v) is 2.63. The molecule has 2 aromatic rings. The molecule has 1 unspecified atom stereocenters. The number of hydrogen-bond acceptors (Lipinski definition) is 3. The molecule has 0 radical (unpaired) electrons. The summed E-state index contributed by atoms with van der Waals surface area (Å²) in [4.78, 5) is 1.01. The van der Waals surface area contributed by atoms with E-state index in [2.05, 4.69) is 0 Å². The van der Waals surface area contributed by atoms with Crippen LogP contribution in [0.1, 0.15) is 5.56 Å². The number of hydrogen-bond donors (Lipinski definition) is 2. The second kappa shape index (κ2) is 6.59. The van der Waals surface area contributed by atoms with Crippen LogP contribution < -0.4 is 5.73 Å². The smallest absolute Gasteiger partial charge is 0.123 e. The van der Waals surface area contributed by atoms with Gasteiger partial charge in [-0.1, -0.05) is 12.1 Å². The Morgan fingerprint density at radius 1 is 1.16 bits per heavy atom. The Bertz CT molecular complexity index is 530. The molecule has 0 spiro atoms. The molecule has 0 saturated carbocycles. The van der Waals surface area contributed by atoms with Gasteiger partial charge in [-0.3, -0.25) is 0 Å². The van der Waals surface area contributed by atoms with E-state index < -0.39 is 0 Å². The predicted octanol–water partition coefficient (Wildman–Crippen LogP) is 3.19. The molecule has 0 amide bonds. The Balaban J connectivity index is 1.84. The van der Waals surface area contributed by atoms with E-state index in [4.69, 9.17) is 5.73 Å². The Hall–Kier alpha value is -1.52. The van der Waals surface area contributed by atoms with E-state index in [9.17, 15) is 9.50 Å². The Morgan fingerprint density at radius 2 is 1.89 bits per heavy atom. The Labute approximate surface area is 116 Å². The van der Waals surface area contributed by atoms with Crippen molar-refractivity contribution >= 4 is 11.8 Å². The van der Waals surface area contributed by atoms with Crippen molar-refractivity contribution in [1.29, 1.82) is 0 Å². The molecule has 4 heteroatoms. The lowest BCUT2D eigenvalue weighted by molar-refractivity contribution is 0.474. The zero-order valence-corrected chi connectivity index (χ0v) is 11.2. The summed E-state index contributed by atoms with van der Waals surface area (Å²) in [5.74, 6) is 0.783. The minimum Gasteiger partial charge on any atom is -0.508 e. The normalized spacial score (nSPS) is 12.3. The molecule has 0 aliphatic rings. The van der Waals surface area contributed by atoms with Gasteiger partial charge in [0.1, 0.15) is 11.6 Å². The van der Waals surface area contributed by atoms with Crippen molar-refractivity contribution in [3.63, 3.8) is 0 Å². The fraction of sp³-hybridized carbons (Fsp3) is 0.200. The van der Waals surface area contributed by atoms with Crippen molar-refractivity contribution in [2.45, 2.75) is 17.4 Å². The van der Waals surface area contributed by atoms with Crippen LogP contribution in [0.15, 0.2) is 53.4 Å². The van der Waals surface area contributed by atoms with Crippen LogP contribution in [0.3, 0.4) is 0 Å². The third kappa shape index (κ3) is 4.58. The number of phenols is 1. The quantitative estimate of drug-likeness (QED) is 0.825. The summed E-state index contributed by atoms with van der Waals surface area (Å²) < 4.78 is 12.8. The molecule has 0 saturated heterocycles. The third-order valence-corrected chi connectivity index (χ3v) is 3.89. The molecule has 1 atom stereocenters. The lowest BCUT2D eigenvalue weighted by atomic mass is 10.1. The first-order valence-corrected chi connectivity index (χ1v) is 7.04. The maximum Gasteiger partial charge on any atom is 0.123 e. The summed E-state index contributed by atoms with van der Waals surface area (Å²) >= 11 is 1.61. The van der Waals surface area contributed by atoms with Crippen LogP contribution in [0.25, 0.3) is 0 Å². The van der Waals surface area contributed by atoms with Crippen LogP contribution in [-0.4, -0.2) is 16.9 Å². The first kappa shape index (κ1) is 13.9. The average Bonchev–Trinajstić information content (AvgIpc) is 2.38. The highest BCUT2D eigenvalue weighted by molar-refractivity contribution is 7.99. The van der Waals surface area contributed by atoms with E-state index in [0.717, 1.165) is 16.2 Å². The van der Waals surface area contributed by atoms with Crippen molar-refractivity contribution in [1.82, 2.24) is 0 Å². The fourth-order valence-electron chi connectivity index (χ4n) is 1.78. The third-order valence-electron chi connectivity index (χ3n) is 2.69. The second-order valence-electron chi connectivity index (χ2n) is 4.40. The van der Waals surface area contributed by atoms with Gasteiger partial charge in [0.2, 0.25) is 0 Å². The summed E-state index contributed by atoms with van der Waals surface area (Å²) in [6.45, 7) is 0. The number of nitrogens with two attached hydrogens (primary N) is 1. The number of aromatic hydroxyl groups is 1. The molecule has 0 aliphatic carbocycles. The first-order chi connectivity index (χ1) is 9.13. The standard InChI is InChI=1S/C15H16FNOS/c16-12-4-6-15(7-5-12)19-10-13(17)8-11-2-1-3-14(18)9-11/h1-7,9,13,18H,8,10,17H2. The maximum atomic E-state index is 12.8. The zero-order valence-electron chi connectivity index (χ0n) is 10.4. The van der Waals surface area contributed by atoms with Crippen LogP contribution in [0.2, 0.25) is 0 Å². The number of phenolic OH excluding ortho intramolecular Hbond substituents is 1. The van der Waals surface area contributed by atoms with Gasteiger partial charge >= 0.3 is 0 Å². The maximum absolute atomic E-state index is 12.8. The highest BCUT2D eigenvalue weighted by Gasteiger charge is 2.06. The van der Waals surface area contributed by atoms with Gasteiger partial charge in [-0.05, 0) is 48.4 Å². The topological polar surface area (TPSA) is 46.2 Å². The second-order valence-corrected chi connectivity index (χ2v) is 5.49. The largest absolute Gasteiger partial charge is 0.508 e. The minimum atomic E-state index is -0.228. The zero-order chi connectivity index (χ0) is 13.7. The summed E-state index contributed by atoms with van der Waals surface area (Å²) in [6.07, 6.45) is 0.711. The van der Waals surface area contributed by atoms with Gasteiger partial charge in [-0.25, -0.2) is 4.39 Å². The SMILES string of the molecule is NC(CSc1ccc(F)cc1)Cc1cccc(O)c1. The van der Waals surface area contributed by atoms with Gasteiger partial charge < -0.3 is 10.8 Å². The van der Waals surface area contributed by atoms with Crippen molar-refractivity contribution in [3.8, 4) is 5.75 Å². The molecule has 0 aliphatic heterocycles. The molecule has 2 rings (SSSR count). The van der Waals surface area contributed by atoms with Crippen molar-refractivity contribution in [2.75, 3.05) is 5.75 Å². The molecule has 2 nitrogen and oxygen atoms in total. The summed E-state index contributed by atoms with van der Waals surface area (Å²) in [5, 5.41) is 9.38. The van der Waals surface area contributed by atoms with Crippen molar-refractivity contribution < 1.29 is 9.50 Å². The predicted molar refractivity (Wildman–Crippen MR) is 76.9 cm³/mol. The molecule has 0 bridgehead atoms. The summed E-state index contributed by atoms with van der Waals surface area (Å²) in [6, 6.07) is 13.5. The molecule has 3 N–H and O–H groups in total. The molecule has 2 aromatic carbocycles. The number of halogens is 1. The van der Waals surface area contributed by atoms with E-state index in [1.807, 2.05) is 12.1 Å². The van der Waals surface area contributed by atoms with Gasteiger partial charge in [0.15, 0.2) is 0 Å². The highest BCUT2D eigenvalue weighted by Crippen LogP contribution is 2.20. The van der Waals surface area contributed by atoms with Crippen LogP contribution in [0.5, 0.6) is 5.75 Å². The van der Waals surface area contributed by atoms with Crippen LogP contribution in [0, 0.1) is 5.82 Å². The van der Waals surface area contributed by atoms with Crippen molar-refractivity contribution in [2.24, 2.45) is 5.73 Å². The molecular weight excluding hydrogens is 261 g/mol. The molecular formula is C15H16FNOS. The monoisotopic (exact) mass is 277 g/mol. The average molecular weight is 277 g/mol. The van der Waals surface area contributed by atoms with Gasteiger partial charge in [-0.15, -0.1) is 11.8 Å². The van der Waals surface area contributed by atoms with Gasteiger partial charge in [0.05, 0.1) is 0 Å². The minimum absolute atomic E-state index is 0.00291. The van der Waals surface area contributed by atoms with E-state index in [1.165, 1.54) is 12.1 Å². The van der Waals surface area contributed by atoms with Gasteiger partial charge in [-0.2, -0.15) is 0 Å². The lowest BCUT2D eigenvalue weighted by Gasteiger charge is -2.11. The van der Waals surface area contributed by atoms with Crippen LogP contribution in [-0.2, 0) is 6.42 Å². The molecule has 100 valence electrons. The molecule has 0 aromatic heterocycles. The lowest BCUT2D eigenvalue weighted by Crippen LogP contribution is -2.25. The van der Waals surface area contributed by atoms with E-state index in [1.54, 1.807) is 36.0 Å². The van der Waals surface area contributed by atoms with Gasteiger partial charge in [0.25, 0.3) is 0 Å². The number of thioether (sulfide) groups is 1. The first-order valence-electron chi connectivity index (χ1n) is 6.05. The van der Waals surface area contributed by atoms with E-state index in [0.29, 0.717) is 6.42 Å². The van der Waals surface area contributed by atoms with E-state index >= 15 is 0 Å².